The molecule has 1 aromatic rings. The van der Waals surface area contributed by atoms with Crippen LogP contribution in [0.4, 0.5) is 0 Å². The minimum Gasteiger partial charge on any atom is -0.497 e. The third kappa shape index (κ3) is 1.91. The summed E-state index contributed by atoms with van der Waals surface area (Å²) in [5.41, 5.74) is 7.14. The number of nitrogens with zero attached hydrogens (tertiary/aromatic N) is 1. The van der Waals surface area contributed by atoms with Crippen molar-refractivity contribution in [3.05, 3.63) is 29.8 Å². The van der Waals surface area contributed by atoms with E-state index in [-0.39, 0.29) is 11.4 Å². The number of ether oxygens (including phenoxy) is 1. The summed E-state index contributed by atoms with van der Waals surface area (Å²) in [7, 11) is 1.67. The van der Waals surface area contributed by atoms with Crippen molar-refractivity contribution in [1.29, 1.82) is 0 Å². The molecule has 4 heteroatoms. The molecule has 2 N–H and O–H groups in total. The number of hydrogen-bond donors (Lipinski definition) is 1. The summed E-state index contributed by atoms with van der Waals surface area (Å²) in [6.07, 6.45) is 2.56. The summed E-state index contributed by atoms with van der Waals surface area (Å²) in [5.74, 6) is 1.53. The minimum absolute atomic E-state index is 0.0817. The topological polar surface area (TPSA) is 55.6 Å². The highest BCUT2D eigenvalue weighted by Crippen LogP contribution is 2.45. The van der Waals surface area contributed by atoms with E-state index in [1.807, 2.05) is 17.0 Å². The molecule has 0 saturated carbocycles. The van der Waals surface area contributed by atoms with Gasteiger partial charge in [-0.3, -0.25) is 4.79 Å². The highest BCUT2D eigenvalue weighted by Gasteiger charge is 2.51. The van der Waals surface area contributed by atoms with Gasteiger partial charge in [0.15, 0.2) is 0 Å². The number of carbonyl (C=O) groups excluding carboxylic acids is 1. The Labute approximate surface area is 113 Å². The Morgan fingerprint density at radius 3 is 2.74 bits per heavy atom. The van der Waals surface area contributed by atoms with E-state index in [9.17, 15) is 4.79 Å². The SMILES string of the molecule is COc1ccc([C@H]2CN3C(=O)CC[C@]3(CN)C2)cc1. The lowest BCUT2D eigenvalue weighted by Gasteiger charge is -2.30. The number of fused-ring (bicyclic) bond motifs is 1. The second-order valence-corrected chi connectivity index (χ2v) is 5.61. The van der Waals surface area contributed by atoms with Crippen LogP contribution in [0.2, 0.25) is 0 Å². The summed E-state index contributed by atoms with van der Waals surface area (Å²) in [4.78, 5) is 14.0. The molecule has 102 valence electrons. The Balaban J connectivity index is 1.83. The molecule has 2 saturated heterocycles. The van der Waals surface area contributed by atoms with Gasteiger partial charge in [0.2, 0.25) is 5.91 Å². The maximum absolute atomic E-state index is 11.9. The van der Waals surface area contributed by atoms with E-state index in [2.05, 4.69) is 12.1 Å². The number of benzene rings is 1. The van der Waals surface area contributed by atoms with Crippen molar-refractivity contribution in [2.45, 2.75) is 30.7 Å². The molecular formula is C15H20N2O2. The van der Waals surface area contributed by atoms with Gasteiger partial charge in [-0.1, -0.05) is 12.1 Å². The van der Waals surface area contributed by atoms with Gasteiger partial charge >= 0.3 is 0 Å². The molecule has 3 rings (SSSR count). The third-order valence-electron chi connectivity index (χ3n) is 4.67. The van der Waals surface area contributed by atoms with Gasteiger partial charge in [-0.05, 0) is 30.5 Å². The summed E-state index contributed by atoms with van der Waals surface area (Å²) in [6, 6.07) is 8.16. The Hall–Kier alpha value is -1.55. The Morgan fingerprint density at radius 1 is 1.42 bits per heavy atom. The molecule has 2 fully saturated rings. The van der Waals surface area contributed by atoms with Gasteiger partial charge in [-0.2, -0.15) is 0 Å². The molecular weight excluding hydrogens is 240 g/mol. The van der Waals surface area contributed by atoms with Crippen LogP contribution < -0.4 is 10.5 Å². The van der Waals surface area contributed by atoms with Crippen molar-refractivity contribution in [3.63, 3.8) is 0 Å². The molecule has 2 heterocycles. The van der Waals surface area contributed by atoms with Crippen LogP contribution in [0, 0.1) is 0 Å². The highest BCUT2D eigenvalue weighted by atomic mass is 16.5. The van der Waals surface area contributed by atoms with E-state index < -0.39 is 0 Å². The number of carbonyl (C=O) groups is 1. The molecule has 2 atom stereocenters. The second-order valence-electron chi connectivity index (χ2n) is 5.61. The van der Waals surface area contributed by atoms with Crippen molar-refractivity contribution in [3.8, 4) is 5.75 Å². The molecule has 0 bridgehead atoms. The summed E-state index contributed by atoms with van der Waals surface area (Å²) in [5, 5.41) is 0. The third-order valence-corrected chi connectivity index (χ3v) is 4.67. The molecule has 0 spiro atoms. The molecule has 4 nitrogen and oxygen atoms in total. The van der Waals surface area contributed by atoms with Gasteiger partial charge in [0.05, 0.1) is 12.6 Å². The van der Waals surface area contributed by atoms with Crippen LogP contribution in [0.15, 0.2) is 24.3 Å². The predicted molar refractivity (Wildman–Crippen MR) is 73.1 cm³/mol. The molecule has 2 aliphatic heterocycles. The van der Waals surface area contributed by atoms with Gasteiger partial charge in [-0.25, -0.2) is 0 Å². The van der Waals surface area contributed by atoms with Crippen LogP contribution in [0.1, 0.15) is 30.7 Å². The van der Waals surface area contributed by atoms with Crippen LogP contribution in [-0.4, -0.2) is 36.5 Å². The first-order valence-electron chi connectivity index (χ1n) is 6.83. The maximum atomic E-state index is 11.9. The van der Waals surface area contributed by atoms with E-state index in [4.69, 9.17) is 10.5 Å². The number of rotatable bonds is 3. The molecule has 0 unspecified atom stereocenters. The fourth-order valence-corrected chi connectivity index (χ4v) is 3.52. The van der Waals surface area contributed by atoms with Gasteiger partial charge in [0, 0.05) is 25.4 Å². The van der Waals surface area contributed by atoms with Gasteiger partial charge in [0.1, 0.15) is 5.75 Å². The molecule has 1 aromatic carbocycles. The lowest BCUT2D eigenvalue weighted by molar-refractivity contribution is -0.129. The number of nitrogens with two attached hydrogens (primary N) is 1. The van der Waals surface area contributed by atoms with Crippen LogP contribution in [0.3, 0.4) is 0 Å². The highest BCUT2D eigenvalue weighted by molar-refractivity contribution is 5.80. The second kappa shape index (κ2) is 4.53. The molecule has 0 radical (unpaired) electrons. The van der Waals surface area contributed by atoms with Crippen molar-refractivity contribution < 1.29 is 9.53 Å². The van der Waals surface area contributed by atoms with Gasteiger partial charge < -0.3 is 15.4 Å². The van der Waals surface area contributed by atoms with E-state index in [0.29, 0.717) is 18.9 Å². The van der Waals surface area contributed by atoms with Gasteiger partial charge in [-0.15, -0.1) is 0 Å². The quantitative estimate of drug-likeness (QED) is 0.896. The zero-order valence-corrected chi connectivity index (χ0v) is 11.3. The van der Waals surface area contributed by atoms with E-state index in [1.54, 1.807) is 7.11 Å². The van der Waals surface area contributed by atoms with Crippen LogP contribution in [-0.2, 0) is 4.79 Å². The van der Waals surface area contributed by atoms with Crippen molar-refractivity contribution in [2.24, 2.45) is 5.73 Å². The summed E-state index contributed by atoms with van der Waals surface area (Å²) < 4.78 is 5.18. The van der Waals surface area contributed by atoms with Crippen LogP contribution in [0.25, 0.3) is 0 Å². The standard InChI is InChI=1S/C15H20N2O2/c1-19-13-4-2-11(3-5-13)12-8-15(10-16)7-6-14(18)17(15)9-12/h2-5,12H,6-10,16H2,1H3/t12-,15-/m1/s1. The van der Waals surface area contributed by atoms with Crippen LogP contribution >= 0.6 is 0 Å². The van der Waals surface area contributed by atoms with E-state index >= 15 is 0 Å². The normalized spacial score (nSPS) is 29.7. The van der Waals surface area contributed by atoms with Crippen molar-refractivity contribution in [1.82, 2.24) is 4.90 Å². The maximum Gasteiger partial charge on any atom is 0.223 e. The van der Waals surface area contributed by atoms with Crippen molar-refractivity contribution >= 4 is 5.91 Å². The first-order chi connectivity index (χ1) is 9.18. The molecule has 1 amide bonds. The average molecular weight is 260 g/mol. The minimum atomic E-state index is -0.0817. The smallest absolute Gasteiger partial charge is 0.223 e. The number of methoxy groups -OCH3 is 1. The lowest BCUT2D eigenvalue weighted by atomic mass is 9.87. The monoisotopic (exact) mass is 260 g/mol. The fraction of sp³-hybridized carbons (Fsp3) is 0.533. The Morgan fingerprint density at radius 2 is 2.16 bits per heavy atom. The van der Waals surface area contributed by atoms with E-state index in [0.717, 1.165) is 25.1 Å². The zero-order chi connectivity index (χ0) is 13.5. The molecule has 2 aliphatic rings. The van der Waals surface area contributed by atoms with E-state index in [1.165, 1.54) is 5.56 Å². The molecule has 0 aromatic heterocycles. The first kappa shape index (κ1) is 12.5. The Bertz CT molecular complexity index is 485. The largest absolute Gasteiger partial charge is 0.497 e. The summed E-state index contributed by atoms with van der Waals surface area (Å²) in [6.45, 7) is 1.38. The van der Waals surface area contributed by atoms with Crippen LogP contribution in [0.5, 0.6) is 5.75 Å². The number of hydrogen-bond acceptors (Lipinski definition) is 3. The van der Waals surface area contributed by atoms with Gasteiger partial charge in [0.25, 0.3) is 0 Å². The fourth-order valence-electron chi connectivity index (χ4n) is 3.52. The first-order valence-corrected chi connectivity index (χ1v) is 6.83. The summed E-state index contributed by atoms with van der Waals surface area (Å²) >= 11 is 0. The number of amides is 1. The average Bonchev–Trinajstić information content (AvgIpc) is 2.98. The zero-order valence-electron chi connectivity index (χ0n) is 11.3. The van der Waals surface area contributed by atoms with Crippen molar-refractivity contribution in [2.75, 3.05) is 20.2 Å². The lowest BCUT2D eigenvalue weighted by Crippen LogP contribution is -2.46. The molecule has 19 heavy (non-hydrogen) atoms. The Kier molecular flexibility index (Phi) is 2.97. The molecule has 0 aliphatic carbocycles. The predicted octanol–water partition coefficient (Wildman–Crippen LogP) is 1.50.